The number of nitriles is 1. The molecule has 102 valence electrons. The number of pyridine rings is 1. The first-order chi connectivity index (χ1) is 8.91. The molecule has 0 spiro atoms. The minimum atomic E-state index is -4.19. The summed E-state index contributed by atoms with van der Waals surface area (Å²) in [5.74, 6) is -1.02. The lowest BCUT2D eigenvalue weighted by Crippen LogP contribution is -2.42. The molecule has 0 bridgehead atoms. The van der Waals surface area contributed by atoms with Crippen LogP contribution in [0.25, 0.3) is 0 Å². The second kappa shape index (κ2) is 5.37. The smallest absolute Gasteiger partial charge is 0.355 e. The zero-order valence-corrected chi connectivity index (χ0v) is 11.5. The van der Waals surface area contributed by atoms with E-state index in [-0.39, 0.29) is 18.5 Å². The predicted octanol–water partition coefficient (Wildman–Crippen LogP) is 3.49. The van der Waals surface area contributed by atoms with Gasteiger partial charge in [0.05, 0.1) is 11.5 Å². The molecule has 1 aromatic heterocycles. The molecule has 3 nitrogen and oxygen atoms in total. The molecular formula is C12H11BrF3N3. The number of anilines is 1. The van der Waals surface area contributed by atoms with Crippen LogP contribution in [0.15, 0.2) is 16.7 Å². The Balaban J connectivity index is 2.25. The van der Waals surface area contributed by atoms with Crippen molar-refractivity contribution in [3.8, 4) is 6.07 Å². The third-order valence-electron chi connectivity index (χ3n) is 3.14. The van der Waals surface area contributed by atoms with E-state index >= 15 is 0 Å². The minimum absolute atomic E-state index is 0.132. The lowest BCUT2D eigenvalue weighted by atomic mass is 9.97. The highest BCUT2D eigenvalue weighted by Crippen LogP contribution is 2.35. The van der Waals surface area contributed by atoms with E-state index in [1.54, 1.807) is 11.0 Å². The van der Waals surface area contributed by atoms with E-state index in [1.807, 2.05) is 6.07 Å². The summed E-state index contributed by atoms with van der Waals surface area (Å²) in [5.41, 5.74) is 0.289. The van der Waals surface area contributed by atoms with Crippen LogP contribution in [-0.2, 0) is 0 Å². The highest BCUT2D eigenvalue weighted by molar-refractivity contribution is 9.10. The summed E-state index contributed by atoms with van der Waals surface area (Å²) in [6.07, 6.45) is -2.11. The van der Waals surface area contributed by atoms with Gasteiger partial charge in [0, 0.05) is 23.8 Å². The number of piperidine rings is 1. The fraction of sp³-hybridized carbons (Fsp3) is 0.500. The van der Waals surface area contributed by atoms with Crippen molar-refractivity contribution in [2.24, 2.45) is 5.92 Å². The maximum atomic E-state index is 12.8. The fourth-order valence-electron chi connectivity index (χ4n) is 2.20. The number of halogens is 4. The molecule has 1 aromatic rings. The zero-order chi connectivity index (χ0) is 14.0. The molecule has 1 aliphatic rings. The second-order valence-electron chi connectivity index (χ2n) is 4.46. The first-order valence-electron chi connectivity index (χ1n) is 5.79. The molecule has 0 aromatic carbocycles. The van der Waals surface area contributed by atoms with Gasteiger partial charge in [0.2, 0.25) is 0 Å². The van der Waals surface area contributed by atoms with Crippen molar-refractivity contribution in [3.05, 3.63) is 22.3 Å². The molecule has 0 N–H and O–H groups in total. The van der Waals surface area contributed by atoms with Crippen LogP contribution in [0, 0.1) is 17.2 Å². The summed E-state index contributed by atoms with van der Waals surface area (Å²) in [4.78, 5) is 5.63. The zero-order valence-electron chi connectivity index (χ0n) is 9.91. The van der Waals surface area contributed by atoms with Gasteiger partial charge >= 0.3 is 6.18 Å². The predicted molar refractivity (Wildman–Crippen MR) is 67.6 cm³/mol. The fourth-order valence-corrected chi connectivity index (χ4v) is 2.53. The maximum absolute atomic E-state index is 12.8. The molecule has 0 aliphatic carbocycles. The van der Waals surface area contributed by atoms with Crippen molar-refractivity contribution in [2.45, 2.75) is 19.0 Å². The van der Waals surface area contributed by atoms with Crippen molar-refractivity contribution in [1.29, 1.82) is 5.26 Å². The van der Waals surface area contributed by atoms with Gasteiger partial charge < -0.3 is 4.90 Å². The highest BCUT2D eigenvalue weighted by atomic mass is 79.9. The summed E-state index contributed by atoms with van der Waals surface area (Å²) in [5, 5.41) is 9.04. The molecule has 1 saturated heterocycles. The number of hydrogen-bond acceptors (Lipinski definition) is 3. The average Bonchev–Trinajstić information content (AvgIpc) is 2.37. The largest absolute Gasteiger partial charge is 0.393 e. The molecule has 0 saturated carbocycles. The Bertz CT molecular complexity index is 510. The average molecular weight is 334 g/mol. The van der Waals surface area contributed by atoms with E-state index in [0.717, 1.165) is 0 Å². The van der Waals surface area contributed by atoms with Crippen LogP contribution in [0.1, 0.15) is 18.4 Å². The van der Waals surface area contributed by atoms with E-state index in [2.05, 4.69) is 20.9 Å². The Morgan fingerprint density at radius 1 is 1.47 bits per heavy atom. The highest BCUT2D eigenvalue weighted by Gasteiger charge is 2.42. The minimum Gasteiger partial charge on any atom is -0.355 e. The third-order valence-corrected chi connectivity index (χ3v) is 3.57. The van der Waals surface area contributed by atoms with Gasteiger partial charge in [-0.25, -0.2) is 4.98 Å². The molecule has 19 heavy (non-hydrogen) atoms. The lowest BCUT2D eigenvalue weighted by Gasteiger charge is -2.34. The van der Waals surface area contributed by atoms with Crippen molar-refractivity contribution < 1.29 is 13.2 Å². The molecule has 2 rings (SSSR count). The second-order valence-corrected chi connectivity index (χ2v) is 5.38. The van der Waals surface area contributed by atoms with E-state index in [0.29, 0.717) is 23.3 Å². The number of hydrogen-bond donors (Lipinski definition) is 0. The first kappa shape index (κ1) is 14.1. The SMILES string of the molecule is N#Cc1cc(Br)cnc1N1CCCC(C(F)(F)F)C1. The topological polar surface area (TPSA) is 39.9 Å². The maximum Gasteiger partial charge on any atom is 0.393 e. The standard InChI is InChI=1S/C12H11BrF3N3/c13-10-4-8(5-17)11(18-6-10)19-3-1-2-9(7-19)12(14,15)16/h4,6,9H,1-3,7H2. The van der Waals surface area contributed by atoms with E-state index in [4.69, 9.17) is 5.26 Å². The van der Waals surface area contributed by atoms with Crippen LogP contribution in [0.3, 0.4) is 0 Å². The monoisotopic (exact) mass is 333 g/mol. The summed E-state index contributed by atoms with van der Waals surface area (Å²) >= 11 is 3.19. The van der Waals surface area contributed by atoms with Crippen molar-refractivity contribution >= 4 is 21.7 Å². The Hall–Kier alpha value is -1.29. The van der Waals surface area contributed by atoms with Gasteiger partial charge in [0.25, 0.3) is 0 Å². The normalized spacial score (nSPS) is 20.2. The van der Waals surface area contributed by atoms with Crippen molar-refractivity contribution in [3.63, 3.8) is 0 Å². The molecule has 1 fully saturated rings. The number of nitrogens with zero attached hydrogens (tertiary/aromatic N) is 3. The molecule has 1 atom stereocenters. The number of rotatable bonds is 1. The lowest BCUT2D eigenvalue weighted by molar-refractivity contribution is -0.176. The summed E-state index contributed by atoms with van der Waals surface area (Å²) in [7, 11) is 0. The summed E-state index contributed by atoms with van der Waals surface area (Å²) in [6.45, 7) is 0.364. The summed E-state index contributed by atoms with van der Waals surface area (Å²) in [6, 6.07) is 3.54. The van der Waals surface area contributed by atoms with E-state index in [9.17, 15) is 13.2 Å². The van der Waals surface area contributed by atoms with Gasteiger partial charge in [-0.15, -0.1) is 0 Å². The molecule has 7 heteroatoms. The van der Waals surface area contributed by atoms with Crippen molar-refractivity contribution in [2.75, 3.05) is 18.0 Å². The molecular weight excluding hydrogens is 323 g/mol. The van der Waals surface area contributed by atoms with Crippen LogP contribution in [-0.4, -0.2) is 24.2 Å². The molecule has 2 heterocycles. The van der Waals surface area contributed by atoms with Gasteiger partial charge in [-0.1, -0.05) is 0 Å². The van der Waals surface area contributed by atoms with Gasteiger partial charge in [-0.2, -0.15) is 18.4 Å². The van der Waals surface area contributed by atoms with Crippen LogP contribution in [0.2, 0.25) is 0 Å². The van der Waals surface area contributed by atoms with Crippen molar-refractivity contribution in [1.82, 2.24) is 4.98 Å². The molecule has 0 radical (unpaired) electrons. The Kier molecular flexibility index (Phi) is 3.99. The summed E-state index contributed by atoms with van der Waals surface area (Å²) < 4.78 is 38.9. The van der Waals surface area contributed by atoms with Gasteiger partial charge in [-0.3, -0.25) is 0 Å². The Morgan fingerprint density at radius 2 is 2.21 bits per heavy atom. The quantitative estimate of drug-likeness (QED) is 0.789. The van der Waals surface area contributed by atoms with Crippen LogP contribution in [0.5, 0.6) is 0 Å². The number of alkyl halides is 3. The van der Waals surface area contributed by atoms with Gasteiger partial charge in [0.15, 0.2) is 0 Å². The van der Waals surface area contributed by atoms with Crippen LogP contribution < -0.4 is 4.90 Å². The van der Waals surface area contributed by atoms with Gasteiger partial charge in [0.1, 0.15) is 11.9 Å². The Morgan fingerprint density at radius 3 is 2.84 bits per heavy atom. The molecule has 1 aliphatic heterocycles. The van der Waals surface area contributed by atoms with Crippen LogP contribution >= 0.6 is 15.9 Å². The molecule has 0 amide bonds. The number of aromatic nitrogens is 1. The van der Waals surface area contributed by atoms with E-state index in [1.165, 1.54) is 6.20 Å². The third kappa shape index (κ3) is 3.18. The Labute approximate surface area is 117 Å². The van der Waals surface area contributed by atoms with Crippen LogP contribution in [0.4, 0.5) is 19.0 Å². The molecule has 1 unspecified atom stereocenters. The first-order valence-corrected chi connectivity index (χ1v) is 6.58. The van der Waals surface area contributed by atoms with Gasteiger partial charge in [-0.05, 0) is 34.8 Å². The van der Waals surface area contributed by atoms with E-state index < -0.39 is 12.1 Å².